The fraction of sp³-hybridized carbons (Fsp3) is 0.440. The SMILES string of the molecule is CC(C)(C)OC(=O)N1CCCc2cc(C3(c4nc5ncc(C#N)cc5[nH]4)CCC3)ccc21. The number of nitriles is 1. The molecule has 0 spiro atoms. The number of aromatic nitrogens is 3. The highest BCUT2D eigenvalue weighted by atomic mass is 16.6. The van der Waals surface area contributed by atoms with E-state index >= 15 is 0 Å². The van der Waals surface area contributed by atoms with Gasteiger partial charge in [0.05, 0.1) is 22.2 Å². The number of rotatable bonds is 2. The van der Waals surface area contributed by atoms with Crippen LogP contribution < -0.4 is 4.90 Å². The summed E-state index contributed by atoms with van der Waals surface area (Å²) >= 11 is 0. The maximum Gasteiger partial charge on any atom is 0.414 e. The molecule has 1 aliphatic carbocycles. The first kappa shape index (κ1) is 20.5. The molecule has 1 aliphatic heterocycles. The van der Waals surface area contributed by atoms with Crippen LogP contribution in [0, 0.1) is 11.3 Å². The maximum atomic E-state index is 12.8. The zero-order chi connectivity index (χ0) is 22.5. The van der Waals surface area contributed by atoms with Crippen molar-refractivity contribution in [3.05, 3.63) is 53.0 Å². The number of aryl methyl sites for hydroxylation is 1. The molecule has 164 valence electrons. The van der Waals surface area contributed by atoms with E-state index in [1.54, 1.807) is 17.2 Å². The van der Waals surface area contributed by atoms with Gasteiger partial charge in [0, 0.05) is 12.7 Å². The van der Waals surface area contributed by atoms with Crippen molar-refractivity contribution >= 4 is 22.9 Å². The molecule has 1 saturated carbocycles. The molecule has 0 saturated heterocycles. The minimum atomic E-state index is -0.522. The van der Waals surface area contributed by atoms with Crippen molar-refractivity contribution in [2.45, 2.75) is 63.9 Å². The van der Waals surface area contributed by atoms with E-state index in [1.165, 1.54) is 11.1 Å². The summed E-state index contributed by atoms with van der Waals surface area (Å²) in [5.74, 6) is 0.904. The Kier molecular flexibility index (Phi) is 4.70. The second-order valence-corrected chi connectivity index (χ2v) is 9.81. The molecule has 5 rings (SSSR count). The molecule has 7 heteroatoms. The molecule has 1 amide bonds. The third-order valence-electron chi connectivity index (χ3n) is 6.49. The lowest BCUT2D eigenvalue weighted by atomic mass is 9.63. The largest absolute Gasteiger partial charge is 0.443 e. The highest BCUT2D eigenvalue weighted by Crippen LogP contribution is 2.49. The molecular weight excluding hydrogens is 402 g/mol. The van der Waals surface area contributed by atoms with Crippen molar-refractivity contribution in [2.75, 3.05) is 11.4 Å². The summed E-state index contributed by atoms with van der Waals surface area (Å²) in [5, 5.41) is 9.17. The molecule has 0 atom stereocenters. The Morgan fingerprint density at radius 2 is 2.06 bits per heavy atom. The Labute approximate surface area is 187 Å². The Hall–Kier alpha value is -3.40. The second kappa shape index (κ2) is 7.33. The Balaban J connectivity index is 1.51. The lowest BCUT2D eigenvalue weighted by molar-refractivity contribution is 0.0578. The van der Waals surface area contributed by atoms with Gasteiger partial charge in [-0.2, -0.15) is 5.26 Å². The second-order valence-electron chi connectivity index (χ2n) is 9.81. The lowest BCUT2D eigenvalue weighted by Crippen LogP contribution is -2.40. The lowest BCUT2D eigenvalue weighted by Gasteiger charge is -2.41. The number of aromatic amines is 1. The molecule has 1 N–H and O–H groups in total. The number of benzene rings is 1. The van der Waals surface area contributed by atoms with Crippen LogP contribution in [0.25, 0.3) is 11.2 Å². The van der Waals surface area contributed by atoms with E-state index in [0.717, 1.165) is 49.1 Å². The van der Waals surface area contributed by atoms with E-state index in [2.05, 4.69) is 34.2 Å². The molecule has 2 aromatic heterocycles. The number of anilines is 1. The van der Waals surface area contributed by atoms with Gasteiger partial charge in [-0.25, -0.2) is 14.8 Å². The van der Waals surface area contributed by atoms with E-state index in [-0.39, 0.29) is 11.5 Å². The zero-order valence-electron chi connectivity index (χ0n) is 18.7. The number of hydrogen-bond acceptors (Lipinski definition) is 5. The van der Waals surface area contributed by atoms with Crippen LogP contribution in [0.1, 0.15) is 69.0 Å². The number of nitrogens with zero attached hydrogens (tertiary/aromatic N) is 4. The first-order chi connectivity index (χ1) is 15.3. The number of fused-ring (bicyclic) bond motifs is 2. The fourth-order valence-electron chi connectivity index (χ4n) is 4.78. The zero-order valence-corrected chi connectivity index (χ0v) is 18.7. The van der Waals surface area contributed by atoms with Crippen LogP contribution in [0.5, 0.6) is 0 Å². The number of hydrogen-bond donors (Lipinski definition) is 1. The molecule has 3 heterocycles. The normalized spacial score (nSPS) is 17.4. The van der Waals surface area contributed by atoms with Crippen molar-refractivity contribution in [3.63, 3.8) is 0 Å². The van der Waals surface area contributed by atoms with Crippen LogP contribution in [-0.4, -0.2) is 33.2 Å². The molecule has 32 heavy (non-hydrogen) atoms. The van der Waals surface area contributed by atoms with Crippen LogP contribution in [0.3, 0.4) is 0 Å². The van der Waals surface area contributed by atoms with Gasteiger partial charge < -0.3 is 9.72 Å². The third-order valence-corrected chi connectivity index (χ3v) is 6.49. The average molecular weight is 430 g/mol. The topological polar surface area (TPSA) is 94.9 Å². The molecule has 3 aromatic rings. The first-order valence-corrected chi connectivity index (χ1v) is 11.2. The van der Waals surface area contributed by atoms with E-state index in [1.807, 2.05) is 20.8 Å². The third kappa shape index (κ3) is 3.40. The summed E-state index contributed by atoms with van der Waals surface area (Å²) in [7, 11) is 0. The van der Waals surface area contributed by atoms with E-state index < -0.39 is 5.60 Å². The Morgan fingerprint density at radius 3 is 2.75 bits per heavy atom. The van der Waals surface area contributed by atoms with Crippen molar-refractivity contribution < 1.29 is 9.53 Å². The predicted octanol–water partition coefficient (Wildman–Crippen LogP) is 4.99. The summed E-state index contributed by atoms with van der Waals surface area (Å²) in [4.78, 5) is 27.1. The summed E-state index contributed by atoms with van der Waals surface area (Å²) in [6.07, 6.45) is 6.26. The van der Waals surface area contributed by atoms with Gasteiger partial charge in [0.1, 0.15) is 17.5 Å². The number of carbonyl (C=O) groups is 1. The molecule has 0 radical (unpaired) electrons. The quantitative estimate of drug-likeness (QED) is 0.619. The van der Waals surface area contributed by atoms with Gasteiger partial charge in [-0.15, -0.1) is 0 Å². The summed E-state index contributed by atoms with van der Waals surface area (Å²) in [6.45, 7) is 6.34. The smallest absolute Gasteiger partial charge is 0.414 e. The molecule has 2 aliphatic rings. The highest BCUT2D eigenvalue weighted by Gasteiger charge is 2.44. The van der Waals surface area contributed by atoms with Gasteiger partial charge in [0.15, 0.2) is 5.65 Å². The number of imidazole rings is 1. The van der Waals surface area contributed by atoms with E-state index in [9.17, 15) is 10.1 Å². The standard InChI is InChI=1S/C25H27N5O2/c1-24(2,3)32-23(31)30-11-4-6-17-13-18(7-8-20(17)30)25(9-5-10-25)22-28-19-12-16(14-26)15-27-21(19)29-22/h7-8,12-13,15H,4-6,9-11H2,1-3H3,(H,27,28,29). The van der Waals surface area contributed by atoms with Gasteiger partial charge >= 0.3 is 6.09 Å². The van der Waals surface area contributed by atoms with Gasteiger partial charge in [0.2, 0.25) is 0 Å². The van der Waals surface area contributed by atoms with Gasteiger partial charge in [0.25, 0.3) is 0 Å². The average Bonchev–Trinajstić information content (AvgIpc) is 3.14. The number of ether oxygens (including phenoxy) is 1. The van der Waals surface area contributed by atoms with Gasteiger partial charge in [-0.1, -0.05) is 18.6 Å². The van der Waals surface area contributed by atoms with Crippen LogP contribution in [0.2, 0.25) is 0 Å². The van der Waals surface area contributed by atoms with Crippen LogP contribution in [0.4, 0.5) is 10.5 Å². The Morgan fingerprint density at radius 1 is 1.25 bits per heavy atom. The molecule has 0 unspecified atom stereocenters. The van der Waals surface area contributed by atoms with Crippen molar-refractivity contribution in [1.82, 2.24) is 15.0 Å². The van der Waals surface area contributed by atoms with Gasteiger partial charge in [-0.05, 0) is 69.7 Å². The molecule has 1 fully saturated rings. The molecule has 0 bridgehead atoms. The fourth-order valence-corrected chi connectivity index (χ4v) is 4.78. The maximum absolute atomic E-state index is 12.8. The summed E-state index contributed by atoms with van der Waals surface area (Å²) in [5.41, 5.74) is 4.57. The van der Waals surface area contributed by atoms with E-state index in [0.29, 0.717) is 17.8 Å². The van der Waals surface area contributed by atoms with Crippen molar-refractivity contribution in [2.24, 2.45) is 0 Å². The minimum Gasteiger partial charge on any atom is -0.443 e. The number of amides is 1. The predicted molar refractivity (Wildman–Crippen MR) is 122 cm³/mol. The highest BCUT2D eigenvalue weighted by molar-refractivity contribution is 5.89. The first-order valence-electron chi connectivity index (χ1n) is 11.2. The number of H-pyrrole nitrogens is 1. The number of pyridine rings is 1. The van der Waals surface area contributed by atoms with Crippen LogP contribution in [-0.2, 0) is 16.6 Å². The van der Waals surface area contributed by atoms with Crippen molar-refractivity contribution in [3.8, 4) is 6.07 Å². The van der Waals surface area contributed by atoms with E-state index in [4.69, 9.17) is 9.72 Å². The van der Waals surface area contributed by atoms with Gasteiger partial charge in [-0.3, -0.25) is 4.90 Å². The molecule has 1 aromatic carbocycles. The van der Waals surface area contributed by atoms with Crippen molar-refractivity contribution in [1.29, 1.82) is 5.26 Å². The summed E-state index contributed by atoms with van der Waals surface area (Å²) in [6, 6.07) is 10.4. The molecular formula is C25H27N5O2. The number of carbonyl (C=O) groups excluding carboxylic acids is 1. The minimum absolute atomic E-state index is 0.184. The van der Waals surface area contributed by atoms with Crippen LogP contribution in [0.15, 0.2) is 30.5 Å². The monoisotopic (exact) mass is 429 g/mol. The van der Waals surface area contributed by atoms with Crippen LogP contribution >= 0.6 is 0 Å². The number of nitrogens with one attached hydrogen (secondary N) is 1. The summed E-state index contributed by atoms with van der Waals surface area (Å²) < 4.78 is 5.63. The Bertz CT molecular complexity index is 1240. The molecule has 7 nitrogen and oxygen atoms in total.